The van der Waals surface area contributed by atoms with Crippen molar-refractivity contribution < 1.29 is 9.18 Å². The summed E-state index contributed by atoms with van der Waals surface area (Å²) in [5.41, 5.74) is 2.74. The first-order valence-corrected chi connectivity index (χ1v) is 12.1. The first-order valence-electron chi connectivity index (χ1n) is 10.8. The van der Waals surface area contributed by atoms with E-state index >= 15 is 0 Å². The number of hydrogen-bond acceptors (Lipinski definition) is 4. The Morgan fingerprint density at radius 2 is 1.94 bits per heavy atom. The molecule has 2 aromatic carbocycles. The van der Waals surface area contributed by atoms with E-state index < -0.39 is 0 Å². The largest absolute Gasteiger partial charge is 0.359 e. The Morgan fingerprint density at radius 3 is 2.67 bits per heavy atom. The first-order chi connectivity index (χ1) is 16.0. The van der Waals surface area contributed by atoms with Crippen molar-refractivity contribution in [3.8, 4) is 11.1 Å². The molecule has 4 rings (SSSR count). The number of piperidine rings is 1. The Hall–Kier alpha value is -3.10. The molecule has 0 atom stereocenters. The number of benzene rings is 2. The van der Waals surface area contributed by atoms with Crippen molar-refractivity contribution in [3.05, 3.63) is 83.1 Å². The molecule has 2 N–H and O–H groups in total. The third-order valence-corrected chi connectivity index (χ3v) is 7.02. The van der Waals surface area contributed by atoms with Crippen molar-refractivity contribution in [1.82, 2.24) is 15.2 Å². The van der Waals surface area contributed by atoms with Crippen LogP contribution in [0.25, 0.3) is 11.1 Å². The monoisotopic (exact) mass is 480 g/mol. The molecule has 2 heterocycles. The van der Waals surface area contributed by atoms with Gasteiger partial charge in [-0.25, -0.2) is 9.37 Å². The van der Waals surface area contributed by atoms with Crippen LogP contribution in [0.4, 0.5) is 10.1 Å². The van der Waals surface area contributed by atoms with Gasteiger partial charge in [0.15, 0.2) is 5.11 Å². The van der Waals surface area contributed by atoms with Gasteiger partial charge < -0.3 is 15.5 Å². The minimum atomic E-state index is -0.295. The number of aromatic nitrogens is 1. The molecular formula is C25H25FN4OS2. The maximum atomic E-state index is 13.3. The summed E-state index contributed by atoms with van der Waals surface area (Å²) in [7, 11) is 0. The number of hydrogen-bond donors (Lipinski definition) is 2. The highest BCUT2D eigenvalue weighted by molar-refractivity contribution is 7.80. The highest BCUT2D eigenvalue weighted by atomic mass is 32.1. The van der Waals surface area contributed by atoms with Gasteiger partial charge in [-0.3, -0.25) is 4.79 Å². The molecular weight excluding hydrogens is 455 g/mol. The molecule has 1 aliphatic heterocycles. The number of carbonyl (C=O) groups excluding carboxylic acids is 1. The van der Waals surface area contributed by atoms with Gasteiger partial charge in [-0.1, -0.05) is 36.4 Å². The van der Waals surface area contributed by atoms with Gasteiger partial charge in [0, 0.05) is 42.2 Å². The zero-order valence-electron chi connectivity index (χ0n) is 18.1. The van der Waals surface area contributed by atoms with E-state index in [1.54, 1.807) is 18.2 Å². The third kappa shape index (κ3) is 5.64. The van der Waals surface area contributed by atoms with Crippen molar-refractivity contribution in [3.63, 3.8) is 0 Å². The van der Waals surface area contributed by atoms with Gasteiger partial charge in [-0.05, 0) is 48.8 Å². The fraction of sp³-hybridized carbons (Fsp3) is 0.240. The molecule has 1 saturated heterocycles. The molecule has 3 aromatic rings. The second kappa shape index (κ2) is 10.7. The van der Waals surface area contributed by atoms with Crippen LogP contribution in [0.2, 0.25) is 0 Å². The van der Waals surface area contributed by atoms with E-state index in [2.05, 4.69) is 27.1 Å². The van der Waals surface area contributed by atoms with Crippen LogP contribution < -0.4 is 10.6 Å². The minimum absolute atomic E-state index is 0.251. The van der Waals surface area contributed by atoms with E-state index in [0.29, 0.717) is 23.8 Å². The number of carbonyl (C=O) groups is 1. The Morgan fingerprint density at radius 1 is 1.21 bits per heavy atom. The van der Waals surface area contributed by atoms with Crippen molar-refractivity contribution >= 4 is 40.3 Å². The average molecular weight is 481 g/mol. The number of rotatable bonds is 6. The fourth-order valence-electron chi connectivity index (χ4n) is 3.84. The van der Waals surface area contributed by atoms with E-state index in [0.717, 1.165) is 47.2 Å². The molecule has 0 spiro atoms. The molecule has 0 radical (unpaired) electrons. The number of anilines is 1. The van der Waals surface area contributed by atoms with Crippen LogP contribution in [-0.2, 0) is 0 Å². The third-order valence-electron chi connectivity index (χ3n) is 5.61. The summed E-state index contributed by atoms with van der Waals surface area (Å²) in [4.78, 5) is 19.7. The van der Waals surface area contributed by atoms with E-state index in [1.165, 1.54) is 23.5 Å². The molecule has 5 nitrogen and oxygen atoms in total. The van der Waals surface area contributed by atoms with Crippen LogP contribution in [0.15, 0.2) is 66.6 Å². The SMILES string of the molecule is C=CCNC(=S)N1CCC(c2nc(C(=O)Nc3ccccc3-c3ccc(F)cc3)cs2)CC1. The van der Waals surface area contributed by atoms with Gasteiger partial charge in [0.1, 0.15) is 11.5 Å². The maximum absolute atomic E-state index is 13.3. The van der Waals surface area contributed by atoms with E-state index in [9.17, 15) is 9.18 Å². The number of thiocarbonyl (C=S) groups is 1. The highest BCUT2D eigenvalue weighted by Crippen LogP contribution is 2.31. The Labute approximate surface area is 202 Å². The molecule has 0 saturated carbocycles. The topological polar surface area (TPSA) is 57.3 Å². The average Bonchev–Trinajstić information content (AvgIpc) is 3.34. The molecule has 1 fully saturated rings. The molecule has 1 amide bonds. The normalized spacial score (nSPS) is 14.0. The van der Waals surface area contributed by atoms with Crippen LogP contribution in [0.1, 0.15) is 34.3 Å². The number of likely N-dealkylation sites (tertiary alicyclic amines) is 1. The maximum Gasteiger partial charge on any atom is 0.275 e. The van der Waals surface area contributed by atoms with Crippen LogP contribution in [0.3, 0.4) is 0 Å². The van der Waals surface area contributed by atoms with Gasteiger partial charge in [-0.2, -0.15) is 0 Å². The Kier molecular flexibility index (Phi) is 7.47. The van der Waals surface area contributed by atoms with Crippen molar-refractivity contribution in [2.24, 2.45) is 0 Å². The smallest absolute Gasteiger partial charge is 0.275 e. The summed E-state index contributed by atoms with van der Waals surface area (Å²) in [5, 5.41) is 9.69. The van der Waals surface area contributed by atoms with Crippen molar-refractivity contribution in [1.29, 1.82) is 0 Å². The van der Waals surface area contributed by atoms with Gasteiger partial charge in [-0.15, -0.1) is 17.9 Å². The van der Waals surface area contributed by atoms with E-state index in [4.69, 9.17) is 12.2 Å². The number of thiazole rings is 1. The fourth-order valence-corrected chi connectivity index (χ4v) is 5.08. The van der Waals surface area contributed by atoms with E-state index in [1.807, 2.05) is 29.6 Å². The summed E-state index contributed by atoms with van der Waals surface area (Å²) in [6, 6.07) is 13.7. The van der Waals surface area contributed by atoms with Gasteiger partial charge in [0.05, 0.1) is 5.01 Å². The van der Waals surface area contributed by atoms with E-state index in [-0.39, 0.29) is 11.7 Å². The minimum Gasteiger partial charge on any atom is -0.359 e. The summed E-state index contributed by atoms with van der Waals surface area (Å²) < 4.78 is 13.3. The molecule has 33 heavy (non-hydrogen) atoms. The predicted octanol–water partition coefficient (Wildman–Crippen LogP) is 5.44. The first kappa shape index (κ1) is 23.1. The lowest BCUT2D eigenvalue weighted by Gasteiger charge is -2.33. The number of amides is 1. The summed E-state index contributed by atoms with van der Waals surface area (Å²) in [5.74, 6) is -0.225. The second-order valence-electron chi connectivity index (χ2n) is 7.81. The Balaban J connectivity index is 1.40. The molecule has 0 unspecified atom stereocenters. The van der Waals surface area contributed by atoms with Gasteiger partial charge in [0.2, 0.25) is 0 Å². The zero-order valence-corrected chi connectivity index (χ0v) is 19.7. The lowest BCUT2D eigenvalue weighted by molar-refractivity contribution is 0.102. The van der Waals surface area contributed by atoms with Gasteiger partial charge in [0.25, 0.3) is 5.91 Å². The standard InChI is InChI=1S/C25H25FN4OS2/c1-2-13-27-25(32)30-14-11-18(12-15-30)24-29-22(16-33-24)23(31)28-21-6-4-3-5-20(21)17-7-9-19(26)10-8-17/h2-10,16,18H,1,11-15H2,(H,27,32)(H,28,31). The number of nitrogens with one attached hydrogen (secondary N) is 2. The van der Waals surface area contributed by atoms with Crippen LogP contribution in [-0.4, -0.2) is 40.5 Å². The Bertz CT molecular complexity index is 1140. The lowest BCUT2D eigenvalue weighted by Crippen LogP contribution is -2.43. The molecule has 0 bridgehead atoms. The van der Waals surface area contributed by atoms with Crippen molar-refractivity contribution in [2.75, 3.05) is 25.0 Å². The highest BCUT2D eigenvalue weighted by Gasteiger charge is 2.25. The van der Waals surface area contributed by atoms with Crippen LogP contribution in [0, 0.1) is 5.82 Å². The summed E-state index contributed by atoms with van der Waals surface area (Å²) >= 11 is 6.96. The summed E-state index contributed by atoms with van der Waals surface area (Å²) in [6.45, 7) is 6.08. The lowest BCUT2D eigenvalue weighted by atomic mass is 9.98. The van der Waals surface area contributed by atoms with Crippen LogP contribution >= 0.6 is 23.6 Å². The van der Waals surface area contributed by atoms with Crippen LogP contribution in [0.5, 0.6) is 0 Å². The zero-order chi connectivity index (χ0) is 23.2. The van der Waals surface area contributed by atoms with Crippen molar-refractivity contribution in [2.45, 2.75) is 18.8 Å². The summed E-state index contributed by atoms with van der Waals surface area (Å²) in [6.07, 6.45) is 3.68. The number of nitrogens with zero attached hydrogens (tertiary/aromatic N) is 2. The quantitative estimate of drug-likeness (QED) is 0.363. The molecule has 1 aliphatic rings. The molecule has 1 aromatic heterocycles. The molecule has 170 valence electrons. The van der Waals surface area contributed by atoms with Gasteiger partial charge >= 0.3 is 0 Å². The second-order valence-corrected chi connectivity index (χ2v) is 9.09. The predicted molar refractivity (Wildman–Crippen MR) is 136 cm³/mol. The molecule has 0 aliphatic carbocycles. The number of para-hydroxylation sites is 1. The molecule has 8 heteroatoms. The number of halogens is 1.